The van der Waals surface area contributed by atoms with Crippen LogP contribution in [0.1, 0.15) is 25.5 Å². The van der Waals surface area contributed by atoms with Crippen molar-refractivity contribution in [1.82, 2.24) is 9.97 Å². The fourth-order valence-electron chi connectivity index (χ4n) is 1.18. The number of nitrogens with one attached hydrogen (secondary N) is 2. The lowest BCUT2D eigenvalue weighted by molar-refractivity contribution is 0.816. The van der Waals surface area contributed by atoms with Gasteiger partial charge in [-0.1, -0.05) is 20.4 Å². The van der Waals surface area contributed by atoms with Crippen molar-refractivity contribution in [3.05, 3.63) is 24.3 Å². The molecule has 0 bridgehead atoms. The van der Waals surface area contributed by atoms with Gasteiger partial charge in [-0.3, -0.25) is 0 Å². The minimum absolute atomic E-state index is 0.397. The van der Waals surface area contributed by atoms with Crippen molar-refractivity contribution in [3.8, 4) is 0 Å². The molecule has 2 N–H and O–H groups in total. The lowest BCUT2D eigenvalue weighted by Crippen LogP contribution is -1.97. The quantitative estimate of drug-likeness (QED) is 0.686. The van der Waals surface area contributed by atoms with Gasteiger partial charge in [0.1, 0.15) is 5.82 Å². The van der Waals surface area contributed by atoms with Gasteiger partial charge in [0.2, 0.25) is 0 Å². The van der Waals surface area contributed by atoms with Gasteiger partial charge in [0.25, 0.3) is 0 Å². The minimum Gasteiger partial charge on any atom is -0.324 e. The van der Waals surface area contributed by atoms with E-state index in [1.165, 1.54) is 0 Å². The molecule has 68 valence electrons. The maximum atomic E-state index is 4.41. The average Bonchev–Trinajstić information content (AvgIpc) is 2.42. The molecular formula is C9H12N4. The zero-order valence-corrected chi connectivity index (χ0v) is 7.76. The smallest absolute Gasteiger partial charge is 0.175 e. The van der Waals surface area contributed by atoms with Crippen molar-refractivity contribution >= 4 is 11.6 Å². The predicted molar refractivity (Wildman–Crippen MR) is 52.5 cm³/mol. The summed E-state index contributed by atoms with van der Waals surface area (Å²) in [5.41, 5.74) is 0.989. The molecule has 0 saturated carbocycles. The van der Waals surface area contributed by atoms with Crippen molar-refractivity contribution in [2.24, 2.45) is 0 Å². The number of nitrogens with zero attached hydrogens (tertiary/aromatic N) is 2. The molecule has 0 unspecified atom stereocenters. The van der Waals surface area contributed by atoms with Crippen molar-refractivity contribution in [2.75, 3.05) is 10.6 Å². The molecule has 2 heterocycles. The fraction of sp³-hybridized carbons (Fsp3) is 0.333. The number of fused-ring (bicyclic) bond motifs is 1. The Bertz CT molecular complexity index is 357. The zero-order chi connectivity index (χ0) is 9.42. The van der Waals surface area contributed by atoms with Gasteiger partial charge in [0, 0.05) is 0 Å². The summed E-state index contributed by atoms with van der Waals surface area (Å²) >= 11 is 0. The topological polar surface area (TPSA) is 49.8 Å². The lowest BCUT2D eigenvalue weighted by atomic mass is 10.1. The standard InChI is InChI=1S/C9H12N4/c1-5(2)7-4-10-8-9(13-7)12-6(3)11-8/h4-5H,3H2,1-2H3,(H,10,11)(H,12,13). The molecule has 1 aliphatic heterocycles. The molecule has 13 heavy (non-hydrogen) atoms. The summed E-state index contributed by atoms with van der Waals surface area (Å²) in [7, 11) is 0. The normalized spacial score (nSPS) is 13.9. The van der Waals surface area contributed by atoms with E-state index in [2.05, 4.69) is 41.0 Å². The maximum absolute atomic E-state index is 4.41. The monoisotopic (exact) mass is 176 g/mol. The van der Waals surface area contributed by atoms with Gasteiger partial charge < -0.3 is 10.6 Å². The summed E-state index contributed by atoms with van der Waals surface area (Å²) in [6, 6.07) is 0. The summed E-state index contributed by atoms with van der Waals surface area (Å²) in [6.07, 6.45) is 1.79. The van der Waals surface area contributed by atoms with E-state index in [1.54, 1.807) is 6.20 Å². The van der Waals surface area contributed by atoms with Crippen LogP contribution in [0.5, 0.6) is 0 Å². The van der Waals surface area contributed by atoms with E-state index < -0.39 is 0 Å². The minimum atomic E-state index is 0.397. The molecule has 0 aliphatic carbocycles. The first-order chi connectivity index (χ1) is 6.16. The van der Waals surface area contributed by atoms with Crippen LogP contribution in [0.4, 0.5) is 11.6 Å². The lowest BCUT2D eigenvalue weighted by Gasteiger charge is -2.04. The highest BCUT2D eigenvalue weighted by Crippen LogP contribution is 2.26. The Kier molecular flexibility index (Phi) is 1.69. The summed E-state index contributed by atoms with van der Waals surface area (Å²) < 4.78 is 0. The second-order valence-corrected chi connectivity index (χ2v) is 3.38. The highest BCUT2D eigenvalue weighted by atomic mass is 15.2. The van der Waals surface area contributed by atoms with E-state index in [-0.39, 0.29) is 0 Å². The zero-order valence-electron chi connectivity index (χ0n) is 7.76. The second-order valence-electron chi connectivity index (χ2n) is 3.38. The van der Waals surface area contributed by atoms with Crippen LogP contribution in [0.25, 0.3) is 0 Å². The number of rotatable bonds is 1. The van der Waals surface area contributed by atoms with E-state index in [9.17, 15) is 0 Å². The molecule has 0 spiro atoms. The van der Waals surface area contributed by atoms with Crippen LogP contribution < -0.4 is 10.6 Å². The molecule has 1 aromatic heterocycles. The van der Waals surface area contributed by atoms with Crippen LogP contribution in [0, 0.1) is 0 Å². The van der Waals surface area contributed by atoms with Gasteiger partial charge >= 0.3 is 0 Å². The van der Waals surface area contributed by atoms with E-state index >= 15 is 0 Å². The molecule has 0 radical (unpaired) electrons. The molecule has 1 aliphatic rings. The first-order valence-electron chi connectivity index (χ1n) is 4.26. The number of aromatic nitrogens is 2. The highest BCUT2D eigenvalue weighted by Gasteiger charge is 2.16. The molecule has 0 saturated heterocycles. The Labute approximate surface area is 77.1 Å². The largest absolute Gasteiger partial charge is 0.324 e. The number of hydrogen-bond donors (Lipinski definition) is 2. The van der Waals surface area contributed by atoms with Crippen LogP contribution in [-0.2, 0) is 0 Å². The first kappa shape index (κ1) is 8.04. The second kappa shape index (κ2) is 2.73. The van der Waals surface area contributed by atoms with Crippen LogP contribution in [-0.4, -0.2) is 9.97 Å². The SMILES string of the molecule is C=C1Nc2ncc(C(C)C)nc2N1. The van der Waals surface area contributed by atoms with Crippen LogP contribution in [0.2, 0.25) is 0 Å². The highest BCUT2D eigenvalue weighted by molar-refractivity contribution is 5.71. The Balaban J connectivity index is 2.40. The molecule has 1 aromatic rings. The molecular weight excluding hydrogens is 164 g/mol. The van der Waals surface area contributed by atoms with Crippen molar-refractivity contribution in [1.29, 1.82) is 0 Å². The molecule has 4 nitrogen and oxygen atoms in total. The third kappa shape index (κ3) is 1.35. The molecule has 2 rings (SSSR count). The molecule has 4 heteroatoms. The van der Waals surface area contributed by atoms with Gasteiger partial charge in [0.05, 0.1) is 11.9 Å². The van der Waals surface area contributed by atoms with Crippen LogP contribution in [0.3, 0.4) is 0 Å². The summed E-state index contributed by atoms with van der Waals surface area (Å²) in [5, 5.41) is 6.00. The van der Waals surface area contributed by atoms with Crippen LogP contribution >= 0.6 is 0 Å². The van der Waals surface area contributed by atoms with Gasteiger partial charge in [-0.25, -0.2) is 9.97 Å². The van der Waals surface area contributed by atoms with Crippen molar-refractivity contribution in [2.45, 2.75) is 19.8 Å². The third-order valence-corrected chi connectivity index (χ3v) is 1.92. The van der Waals surface area contributed by atoms with Gasteiger partial charge in [-0.15, -0.1) is 0 Å². The molecule has 0 aromatic carbocycles. The molecule has 0 fully saturated rings. The Hall–Kier alpha value is -1.58. The molecule has 0 atom stereocenters. The predicted octanol–water partition coefficient (Wildman–Crippen LogP) is 1.91. The van der Waals surface area contributed by atoms with Gasteiger partial charge in [0.15, 0.2) is 11.6 Å². The average molecular weight is 176 g/mol. The number of hydrogen-bond acceptors (Lipinski definition) is 4. The third-order valence-electron chi connectivity index (χ3n) is 1.92. The number of anilines is 2. The molecule has 0 amide bonds. The fourth-order valence-corrected chi connectivity index (χ4v) is 1.18. The van der Waals surface area contributed by atoms with E-state index in [0.717, 1.165) is 23.2 Å². The summed E-state index contributed by atoms with van der Waals surface area (Å²) in [4.78, 5) is 8.64. The summed E-state index contributed by atoms with van der Waals surface area (Å²) in [5.74, 6) is 2.66. The van der Waals surface area contributed by atoms with Crippen molar-refractivity contribution < 1.29 is 0 Å². The van der Waals surface area contributed by atoms with Gasteiger partial charge in [-0.05, 0) is 5.92 Å². The summed E-state index contributed by atoms with van der Waals surface area (Å²) in [6.45, 7) is 7.92. The van der Waals surface area contributed by atoms with Crippen LogP contribution in [0.15, 0.2) is 18.6 Å². The van der Waals surface area contributed by atoms with Crippen molar-refractivity contribution in [3.63, 3.8) is 0 Å². The Morgan fingerprint density at radius 3 is 2.69 bits per heavy atom. The van der Waals surface area contributed by atoms with E-state index in [0.29, 0.717) is 5.92 Å². The van der Waals surface area contributed by atoms with E-state index in [4.69, 9.17) is 0 Å². The van der Waals surface area contributed by atoms with Gasteiger partial charge in [-0.2, -0.15) is 0 Å². The maximum Gasteiger partial charge on any atom is 0.175 e. The Morgan fingerprint density at radius 1 is 1.31 bits per heavy atom. The van der Waals surface area contributed by atoms with E-state index in [1.807, 2.05) is 0 Å². The Morgan fingerprint density at radius 2 is 2.00 bits per heavy atom. The first-order valence-corrected chi connectivity index (χ1v) is 4.26.